The van der Waals surface area contributed by atoms with Crippen molar-refractivity contribution in [2.75, 3.05) is 13.2 Å². The molecule has 0 amide bonds. The summed E-state index contributed by atoms with van der Waals surface area (Å²) in [6, 6.07) is 0. The Morgan fingerprint density at radius 1 is 0.375 bits per heavy atom. The van der Waals surface area contributed by atoms with Crippen molar-refractivity contribution in [1.82, 2.24) is 0 Å². The molecule has 0 N–H and O–H groups in total. The highest BCUT2D eigenvalue weighted by Crippen LogP contribution is 2.10. The molecule has 0 aromatic rings. The highest BCUT2D eigenvalue weighted by molar-refractivity contribution is 5.71. The first kappa shape index (κ1) is 51.8. The fourth-order valence-electron chi connectivity index (χ4n) is 5.12. The zero-order valence-corrected chi connectivity index (χ0v) is 35.3. The molecule has 0 aromatic heterocycles. The van der Waals surface area contributed by atoms with Gasteiger partial charge in [-0.15, -0.1) is 0 Å². The number of carbonyl (C=O) groups is 3. The Labute approximate surface area is 342 Å². The van der Waals surface area contributed by atoms with Crippen LogP contribution in [0.1, 0.15) is 156 Å². The Morgan fingerprint density at radius 2 is 0.732 bits per heavy atom. The third-order valence-corrected chi connectivity index (χ3v) is 8.29. The predicted molar refractivity (Wildman–Crippen MR) is 237 cm³/mol. The van der Waals surface area contributed by atoms with Gasteiger partial charge in [-0.2, -0.15) is 0 Å². The molecule has 0 saturated heterocycles. The van der Waals surface area contributed by atoms with Crippen molar-refractivity contribution < 1.29 is 28.6 Å². The highest BCUT2D eigenvalue weighted by atomic mass is 16.6. The lowest BCUT2D eigenvalue weighted by Gasteiger charge is -2.18. The van der Waals surface area contributed by atoms with Gasteiger partial charge in [0.05, 0.1) is 0 Å². The molecule has 0 aliphatic carbocycles. The van der Waals surface area contributed by atoms with E-state index in [-0.39, 0.29) is 37.5 Å². The van der Waals surface area contributed by atoms with Crippen LogP contribution in [-0.4, -0.2) is 37.2 Å². The molecule has 1 unspecified atom stereocenters. The van der Waals surface area contributed by atoms with Crippen molar-refractivity contribution in [3.05, 3.63) is 122 Å². The van der Waals surface area contributed by atoms with Gasteiger partial charge in [0.15, 0.2) is 6.10 Å². The Hall–Kier alpha value is -4.19. The summed E-state index contributed by atoms with van der Waals surface area (Å²) in [4.78, 5) is 37.6. The SMILES string of the molecule is CC\C=C/C=C\C=C/C=C\CCCCCC(=O)OC(COC(=O)CCCC/C=C\C/C=C\CC)COC(=O)CCCCC/C=C\C/C=C\C/C=C\C/C=C\CC. The van der Waals surface area contributed by atoms with Crippen LogP contribution in [0.5, 0.6) is 0 Å². The van der Waals surface area contributed by atoms with Crippen molar-refractivity contribution in [1.29, 1.82) is 0 Å². The van der Waals surface area contributed by atoms with Crippen LogP contribution < -0.4 is 0 Å². The molecule has 0 radical (unpaired) electrons. The maximum atomic E-state index is 12.7. The lowest BCUT2D eigenvalue weighted by atomic mass is 10.1. The van der Waals surface area contributed by atoms with E-state index in [0.717, 1.165) is 109 Å². The number of hydrogen-bond acceptors (Lipinski definition) is 6. The van der Waals surface area contributed by atoms with Gasteiger partial charge in [-0.3, -0.25) is 14.4 Å². The number of rotatable bonds is 36. The summed E-state index contributed by atoms with van der Waals surface area (Å²) in [6.07, 6.45) is 59.1. The van der Waals surface area contributed by atoms with Crippen LogP contribution in [0.3, 0.4) is 0 Å². The average molecular weight is 773 g/mol. The van der Waals surface area contributed by atoms with Gasteiger partial charge >= 0.3 is 17.9 Å². The quantitative estimate of drug-likeness (QED) is 0.0207. The smallest absolute Gasteiger partial charge is 0.306 e. The molecular weight excluding hydrogens is 697 g/mol. The standard InChI is InChI=1S/C50H76O6/c1-4-7-10-13-16-19-21-23-24-25-27-28-31-34-37-40-43-49(52)55-46-47(45-54-48(51)42-39-36-33-30-18-15-12-9-6-3)56-50(53)44-41-38-35-32-29-26-22-20-17-14-11-8-5-2/h7-12,14,16-20,22-24,26-30,47H,4-6,13,15,21,25,31-46H2,1-3H3/b10-7-,11-8-,12-9-,17-14-,19-16-,22-20-,24-23-,28-27-,29-26-,30-18-. The molecule has 6 nitrogen and oxygen atoms in total. The zero-order valence-electron chi connectivity index (χ0n) is 35.3. The molecule has 312 valence electrons. The molecule has 0 rings (SSSR count). The first-order valence-corrected chi connectivity index (χ1v) is 21.6. The van der Waals surface area contributed by atoms with Crippen LogP contribution in [-0.2, 0) is 28.6 Å². The zero-order chi connectivity index (χ0) is 40.8. The number of esters is 3. The van der Waals surface area contributed by atoms with E-state index in [0.29, 0.717) is 19.3 Å². The first-order chi connectivity index (χ1) is 27.5. The van der Waals surface area contributed by atoms with Crippen molar-refractivity contribution in [2.45, 2.75) is 162 Å². The molecule has 0 aliphatic heterocycles. The van der Waals surface area contributed by atoms with E-state index >= 15 is 0 Å². The van der Waals surface area contributed by atoms with Gasteiger partial charge in [0, 0.05) is 19.3 Å². The van der Waals surface area contributed by atoms with Gasteiger partial charge in [0.1, 0.15) is 13.2 Å². The van der Waals surface area contributed by atoms with E-state index in [4.69, 9.17) is 14.2 Å². The molecule has 0 saturated carbocycles. The Balaban J connectivity index is 4.55. The van der Waals surface area contributed by atoms with Crippen molar-refractivity contribution >= 4 is 17.9 Å². The largest absolute Gasteiger partial charge is 0.462 e. The molecule has 0 spiro atoms. The van der Waals surface area contributed by atoms with Gasteiger partial charge in [-0.05, 0) is 103 Å². The monoisotopic (exact) mass is 773 g/mol. The maximum absolute atomic E-state index is 12.7. The van der Waals surface area contributed by atoms with Crippen LogP contribution >= 0.6 is 0 Å². The lowest BCUT2D eigenvalue weighted by molar-refractivity contribution is -0.167. The molecule has 1 atom stereocenters. The summed E-state index contributed by atoms with van der Waals surface area (Å²) in [5.74, 6) is -1.05. The highest BCUT2D eigenvalue weighted by Gasteiger charge is 2.19. The van der Waals surface area contributed by atoms with Crippen molar-refractivity contribution in [3.63, 3.8) is 0 Å². The van der Waals surface area contributed by atoms with Crippen LogP contribution in [0, 0.1) is 0 Å². The number of unbranched alkanes of at least 4 members (excludes halogenated alkanes) is 8. The van der Waals surface area contributed by atoms with E-state index in [9.17, 15) is 14.4 Å². The van der Waals surface area contributed by atoms with Crippen LogP contribution in [0.4, 0.5) is 0 Å². The minimum Gasteiger partial charge on any atom is -0.462 e. The van der Waals surface area contributed by atoms with Crippen molar-refractivity contribution in [2.24, 2.45) is 0 Å². The average Bonchev–Trinajstić information content (AvgIpc) is 3.19. The summed E-state index contributed by atoms with van der Waals surface area (Å²) in [7, 11) is 0. The summed E-state index contributed by atoms with van der Waals surface area (Å²) >= 11 is 0. The predicted octanol–water partition coefficient (Wildman–Crippen LogP) is 13.8. The molecule has 0 bridgehead atoms. The van der Waals surface area contributed by atoms with Gasteiger partial charge in [-0.25, -0.2) is 0 Å². The summed E-state index contributed by atoms with van der Waals surface area (Å²) in [6.45, 7) is 6.12. The van der Waals surface area contributed by atoms with Crippen LogP contribution in [0.25, 0.3) is 0 Å². The molecule has 0 fully saturated rings. The van der Waals surface area contributed by atoms with Gasteiger partial charge in [0.25, 0.3) is 0 Å². The maximum Gasteiger partial charge on any atom is 0.306 e. The third-order valence-electron chi connectivity index (χ3n) is 8.29. The Kier molecular flexibility index (Phi) is 40.3. The fourth-order valence-corrected chi connectivity index (χ4v) is 5.12. The Morgan fingerprint density at radius 3 is 1.21 bits per heavy atom. The number of hydrogen-bond donors (Lipinski definition) is 0. The molecule has 6 heteroatoms. The van der Waals surface area contributed by atoms with Gasteiger partial charge < -0.3 is 14.2 Å². The Bertz CT molecular complexity index is 1260. The van der Waals surface area contributed by atoms with E-state index < -0.39 is 6.10 Å². The number of carbonyl (C=O) groups excluding carboxylic acids is 3. The summed E-state index contributed by atoms with van der Waals surface area (Å²) < 4.78 is 16.6. The van der Waals surface area contributed by atoms with Crippen molar-refractivity contribution in [3.8, 4) is 0 Å². The van der Waals surface area contributed by atoms with Crippen LogP contribution in [0.2, 0.25) is 0 Å². The number of ether oxygens (including phenoxy) is 3. The number of allylic oxidation sites excluding steroid dienone is 20. The lowest BCUT2D eigenvalue weighted by Crippen LogP contribution is -2.30. The van der Waals surface area contributed by atoms with E-state index in [1.807, 2.05) is 36.5 Å². The van der Waals surface area contributed by atoms with Crippen LogP contribution in [0.15, 0.2) is 122 Å². The summed E-state index contributed by atoms with van der Waals surface area (Å²) in [5, 5.41) is 0. The van der Waals surface area contributed by atoms with Gasteiger partial charge in [0.2, 0.25) is 0 Å². The topological polar surface area (TPSA) is 78.9 Å². The second-order valence-corrected chi connectivity index (χ2v) is 13.5. The fraction of sp³-hybridized carbons (Fsp3) is 0.540. The molecule has 56 heavy (non-hydrogen) atoms. The molecule has 0 heterocycles. The second kappa shape index (κ2) is 43.5. The van der Waals surface area contributed by atoms with E-state index in [1.165, 1.54) is 0 Å². The minimum atomic E-state index is -0.825. The van der Waals surface area contributed by atoms with E-state index in [2.05, 4.69) is 106 Å². The second-order valence-electron chi connectivity index (χ2n) is 13.5. The van der Waals surface area contributed by atoms with E-state index in [1.54, 1.807) is 0 Å². The third kappa shape index (κ3) is 41.0. The summed E-state index contributed by atoms with van der Waals surface area (Å²) in [5.41, 5.74) is 0. The molecule has 0 aliphatic rings. The molecule has 0 aromatic carbocycles. The first-order valence-electron chi connectivity index (χ1n) is 21.6. The molecular formula is C50H76O6. The van der Waals surface area contributed by atoms with Gasteiger partial charge in [-0.1, -0.05) is 155 Å². The normalized spacial score (nSPS) is 13.3. The minimum absolute atomic E-state index is 0.126.